The monoisotopic (exact) mass is 298 g/mol. The van der Waals surface area contributed by atoms with Crippen LogP contribution in [0.3, 0.4) is 0 Å². The molecular formula is C15H18N6O. The summed E-state index contributed by atoms with van der Waals surface area (Å²) in [5.74, 6) is 0.932. The Balaban J connectivity index is 2.05. The molecule has 0 bridgehead atoms. The third-order valence-electron chi connectivity index (χ3n) is 3.29. The summed E-state index contributed by atoms with van der Waals surface area (Å²) in [6, 6.07) is 7.80. The summed E-state index contributed by atoms with van der Waals surface area (Å²) in [6.07, 6.45) is 1.69. The van der Waals surface area contributed by atoms with Crippen LogP contribution in [-0.4, -0.2) is 26.1 Å². The zero-order valence-electron chi connectivity index (χ0n) is 12.6. The largest absolute Gasteiger partial charge is 0.476 e. The molecule has 0 aliphatic carbocycles. The van der Waals surface area contributed by atoms with Crippen LogP contribution in [0.5, 0.6) is 5.88 Å². The predicted molar refractivity (Wildman–Crippen MR) is 85.1 cm³/mol. The molecule has 1 aromatic carbocycles. The molecule has 3 N–H and O–H groups in total. The van der Waals surface area contributed by atoms with Crippen molar-refractivity contribution in [2.45, 2.75) is 13.5 Å². The van der Waals surface area contributed by atoms with Crippen LogP contribution < -0.4 is 15.8 Å². The number of aromatic nitrogens is 4. The minimum Gasteiger partial charge on any atom is -0.476 e. The van der Waals surface area contributed by atoms with E-state index in [1.165, 1.54) is 0 Å². The van der Waals surface area contributed by atoms with Crippen molar-refractivity contribution < 1.29 is 4.74 Å². The van der Waals surface area contributed by atoms with Crippen molar-refractivity contribution >= 4 is 22.8 Å². The summed E-state index contributed by atoms with van der Waals surface area (Å²) in [7, 11) is 1.88. The quantitative estimate of drug-likeness (QED) is 0.748. The molecule has 22 heavy (non-hydrogen) atoms. The molecule has 0 saturated heterocycles. The van der Waals surface area contributed by atoms with Gasteiger partial charge in [-0.25, -0.2) is 4.98 Å². The molecule has 3 aromatic rings. The first-order valence-electron chi connectivity index (χ1n) is 7.09. The first kappa shape index (κ1) is 14.3. The van der Waals surface area contributed by atoms with Crippen LogP contribution in [0.25, 0.3) is 11.2 Å². The standard InChI is InChI=1S/C15H18N6O/c1-3-22-14-12-13(21(2)9-17-12)19-15(20-14)18-11-7-5-4-6-10(11)8-16/h4-7,9H,3,8,16H2,1-2H3,(H,18,19,20). The minimum atomic E-state index is 0.440. The zero-order chi connectivity index (χ0) is 15.5. The first-order chi connectivity index (χ1) is 10.7. The third kappa shape index (κ3) is 2.58. The number of rotatable bonds is 5. The molecule has 0 saturated carbocycles. The lowest BCUT2D eigenvalue weighted by Gasteiger charge is -2.11. The highest BCUT2D eigenvalue weighted by Gasteiger charge is 2.13. The van der Waals surface area contributed by atoms with Crippen molar-refractivity contribution in [3.63, 3.8) is 0 Å². The molecule has 3 rings (SSSR count). The Morgan fingerprint density at radius 3 is 2.86 bits per heavy atom. The Kier molecular flexibility index (Phi) is 3.88. The molecule has 7 nitrogen and oxygen atoms in total. The van der Waals surface area contributed by atoms with Gasteiger partial charge in [0.15, 0.2) is 11.2 Å². The number of para-hydroxylation sites is 1. The number of hydrogen-bond donors (Lipinski definition) is 2. The Morgan fingerprint density at radius 1 is 1.27 bits per heavy atom. The van der Waals surface area contributed by atoms with Gasteiger partial charge in [-0.2, -0.15) is 9.97 Å². The molecule has 7 heteroatoms. The molecule has 0 atom stereocenters. The molecule has 0 amide bonds. The van der Waals surface area contributed by atoms with E-state index in [9.17, 15) is 0 Å². The number of aryl methyl sites for hydroxylation is 1. The van der Waals surface area contributed by atoms with Gasteiger partial charge in [0.25, 0.3) is 0 Å². The van der Waals surface area contributed by atoms with Gasteiger partial charge in [-0.3, -0.25) is 0 Å². The molecule has 0 radical (unpaired) electrons. The molecule has 114 valence electrons. The Bertz CT molecular complexity index is 798. The maximum atomic E-state index is 5.76. The van der Waals surface area contributed by atoms with Gasteiger partial charge in [-0.1, -0.05) is 18.2 Å². The molecule has 2 heterocycles. The summed E-state index contributed by atoms with van der Waals surface area (Å²) < 4.78 is 7.41. The van der Waals surface area contributed by atoms with Crippen molar-refractivity contribution in [1.29, 1.82) is 0 Å². The van der Waals surface area contributed by atoms with Crippen LogP contribution in [0.1, 0.15) is 12.5 Å². The van der Waals surface area contributed by atoms with Crippen LogP contribution in [0.2, 0.25) is 0 Å². The van der Waals surface area contributed by atoms with Gasteiger partial charge in [0.2, 0.25) is 11.8 Å². The van der Waals surface area contributed by atoms with Crippen LogP contribution in [0, 0.1) is 0 Å². The number of fused-ring (bicyclic) bond motifs is 1. The highest BCUT2D eigenvalue weighted by atomic mass is 16.5. The van der Waals surface area contributed by atoms with Gasteiger partial charge >= 0.3 is 0 Å². The SMILES string of the molecule is CCOc1nc(Nc2ccccc2CN)nc2c1ncn2C. The third-order valence-corrected chi connectivity index (χ3v) is 3.29. The second-order valence-electron chi connectivity index (χ2n) is 4.80. The minimum absolute atomic E-state index is 0.440. The highest BCUT2D eigenvalue weighted by Crippen LogP contribution is 2.25. The summed E-state index contributed by atoms with van der Waals surface area (Å²) in [6.45, 7) is 2.87. The fraction of sp³-hybridized carbons (Fsp3) is 0.267. The number of anilines is 2. The number of hydrogen-bond acceptors (Lipinski definition) is 6. The Labute approximate surface area is 128 Å². The maximum absolute atomic E-state index is 5.76. The molecular weight excluding hydrogens is 280 g/mol. The van der Waals surface area contributed by atoms with Gasteiger partial charge < -0.3 is 20.4 Å². The second kappa shape index (κ2) is 5.98. The summed E-state index contributed by atoms with van der Waals surface area (Å²) in [5, 5.41) is 3.21. The van der Waals surface area contributed by atoms with Gasteiger partial charge in [-0.15, -0.1) is 0 Å². The van der Waals surface area contributed by atoms with Crippen molar-refractivity contribution in [3.05, 3.63) is 36.2 Å². The number of nitrogens with zero attached hydrogens (tertiary/aromatic N) is 4. The Morgan fingerprint density at radius 2 is 2.09 bits per heavy atom. The summed E-state index contributed by atoms with van der Waals surface area (Å²) in [5.41, 5.74) is 9.01. The van der Waals surface area contributed by atoms with Crippen molar-refractivity contribution in [2.24, 2.45) is 12.8 Å². The summed E-state index contributed by atoms with van der Waals surface area (Å²) in [4.78, 5) is 13.2. The smallest absolute Gasteiger partial charge is 0.247 e. The number of nitrogens with one attached hydrogen (secondary N) is 1. The topological polar surface area (TPSA) is 90.9 Å². The number of ether oxygens (including phenoxy) is 1. The van der Waals surface area contributed by atoms with E-state index in [0.717, 1.165) is 11.3 Å². The van der Waals surface area contributed by atoms with E-state index >= 15 is 0 Å². The molecule has 0 aliphatic heterocycles. The van der Waals surface area contributed by atoms with Gasteiger partial charge in [0.05, 0.1) is 12.9 Å². The van der Waals surface area contributed by atoms with E-state index in [2.05, 4.69) is 20.3 Å². The van der Waals surface area contributed by atoms with Crippen molar-refractivity contribution in [1.82, 2.24) is 19.5 Å². The van der Waals surface area contributed by atoms with Gasteiger partial charge in [-0.05, 0) is 18.6 Å². The van der Waals surface area contributed by atoms with Crippen LogP contribution in [0.15, 0.2) is 30.6 Å². The zero-order valence-corrected chi connectivity index (χ0v) is 12.6. The fourth-order valence-corrected chi connectivity index (χ4v) is 2.21. The number of benzene rings is 1. The van der Waals surface area contributed by atoms with E-state index in [-0.39, 0.29) is 0 Å². The normalized spacial score (nSPS) is 10.9. The fourth-order valence-electron chi connectivity index (χ4n) is 2.21. The highest BCUT2D eigenvalue weighted by molar-refractivity contribution is 5.78. The van der Waals surface area contributed by atoms with Crippen LogP contribution >= 0.6 is 0 Å². The summed E-state index contributed by atoms with van der Waals surface area (Å²) >= 11 is 0. The average Bonchev–Trinajstić information content (AvgIpc) is 2.90. The lowest BCUT2D eigenvalue weighted by molar-refractivity contribution is 0.330. The van der Waals surface area contributed by atoms with Crippen molar-refractivity contribution in [3.8, 4) is 5.88 Å². The van der Waals surface area contributed by atoms with Gasteiger partial charge in [0, 0.05) is 19.3 Å². The van der Waals surface area contributed by atoms with Crippen LogP contribution in [-0.2, 0) is 13.6 Å². The van der Waals surface area contributed by atoms with E-state index in [4.69, 9.17) is 10.5 Å². The Hall–Kier alpha value is -2.67. The average molecular weight is 298 g/mol. The molecule has 0 aliphatic rings. The lowest BCUT2D eigenvalue weighted by atomic mass is 10.2. The van der Waals surface area contributed by atoms with E-state index in [1.807, 2.05) is 42.8 Å². The van der Waals surface area contributed by atoms with Crippen molar-refractivity contribution in [2.75, 3.05) is 11.9 Å². The predicted octanol–water partition coefficient (Wildman–Crippen LogP) is 1.96. The molecule has 0 fully saturated rings. The van der Waals surface area contributed by atoms with E-state index in [1.54, 1.807) is 6.33 Å². The van der Waals surface area contributed by atoms with E-state index in [0.29, 0.717) is 36.1 Å². The number of imidazole rings is 1. The molecule has 0 unspecified atom stereocenters. The maximum Gasteiger partial charge on any atom is 0.247 e. The molecule has 0 spiro atoms. The molecule has 2 aromatic heterocycles. The van der Waals surface area contributed by atoms with Gasteiger partial charge in [0.1, 0.15) is 0 Å². The number of nitrogens with two attached hydrogens (primary N) is 1. The first-order valence-corrected chi connectivity index (χ1v) is 7.09. The van der Waals surface area contributed by atoms with E-state index < -0.39 is 0 Å². The van der Waals surface area contributed by atoms with Crippen LogP contribution in [0.4, 0.5) is 11.6 Å². The lowest BCUT2D eigenvalue weighted by Crippen LogP contribution is -2.06. The second-order valence-corrected chi connectivity index (χ2v) is 4.80.